The summed E-state index contributed by atoms with van der Waals surface area (Å²) in [5, 5.41) is 0. The maximum absolute atomic E-state index is 3.78. The van der Waals surface area contributed by atoms with Gasteiger partial charge >= 0.3 is 0 Å². The third kappa shape index (κ3) is 13.8. The molecule has 0 saturated heterocycles. The van der Waals surface area contributed by atoms with Crippen molar-refractivity contribution in [2.75, 3.05) is 0 Å². The van der Waals surface area contributed by atoms with E-state index in [0.29, 0.717) is 0 Å². The molecule has 2 aromatic heterocycles. The number of hydrogen-bond acceptors (Lipinski definition) is 2. The van der Waals surface area contributed by atoms with E-state index in [-0.39, 0.29) is 0 Å². The number of thiophene rings is 2. The summed E-state index contributed by atoms with van der Waals surface area (Å²) in [4.78, 5) is 2.86. The molecule has 0 spiro atoms. The molecule has 4 rings (SSSR count). The number of benzene rings is 2. The van der Waals surface area contributed by atoms with Crippen LogP contribution in [0.5, 0.6) is 0 Å². The number of aryl methyl sites for hydroxylation is 2. The number of hydrogen-bond donors (Lipinski definition) is 0. The van der Waals surface area contributed by atoms with E-state index in [1.807, 2.05) is 22.7 Å². The van der Waals surface area contributed by atoms with Crippen LogP contribution in [-0.2, 0) is 12.8 Å². The molecule has 0 fully saturated rings. The second-order valence-electron chi connectivity index (χ2n) is 13.8. The normalized spacial score (nSPS) is 11.5. The van der Waals surface area contributed by atoms with Gasteiger partial charge in [-0.1, -0.05) is 178 Å². The van der Waals surface area contributed by atoms with Crippen molar-refractivity contribution in [3.8, 4) is 32.0 Å². The summed E-state index contributed by atoms with van der Waals surface area (Å²) in [7, 11) is 0. The highest BCUT2D eigenvalue weighted by molar-refractivity contribution is 9.11. The van der Waals surface area contributed by atoms with Crippen LogP contribution in [0.2, 0.25) is 0 Å². The first-order chi connectivity index (χ1) is 23.6. The highest BCUT2D eigenvalue weighted by Gasteiger charge is 2.13. The molecule has 0 radical (unpaired) electrons. The van der Waals surface area contributed by atoms with Crippen molar-refractivity contribution in [1.82, 2.24) is 0 Å². The van der Waals surface area contributed by atoms with Gasteiger partial charge in [0.1, 0.15) is 0 Å². The topological polar surface area (TPSA) is 0 Å². The first-order valence-electron chi connectivity index (χ1n) is 19.4. The largest absolute Gasteiger partial charge is 0.128 e. The van der Waals surface area contributed by atoms with E-state index in [2.05, 4.69) is 106 Å². The number of rotatable bonds is 25. The van der Waals surface area contributed by atoms with Gasteiger partial charge in [-0.05, 0) is 103 Å². The summed E-state index contributed by atoms with van der Waals surface area (Å²) in [5.41, 5.74) is 8.25. The van der Waals surface area contributed by atoms with Crippen LogP contribution < -0.4 is 0 Å². The Morgan fingerprint density at radius 2 is 0.646 bits per heavy atom. The lowest BCUT2D eigenvalue weighted by Gasteiger charge is -2.08. The average molecular weight is 813 g/mol. The molecule has 0 aliphatic carbocycles. The number of unbranched alkanes of at least 4 members (excludes halogenated alkanes) is 18. The lowest BCUT2D eigenvalue weighted by molar-refractivity contribution is 0.556. The quantitative estimate of drug-likeness (QED) is 0.0585. The van der Waals surface area contributed by atoms with Crippen LogP contribution in [0, 0.1) is 0 Å². The Hall–Kier alpha value is -1.20. The van der Waals surface area contributed by atoms with E-state index in [1.54, 1.807) is 0 Å². The SMILES string of the molecule is CCCCCCCCCCCCc1cc(Br)sc1-c1ccc(-c2ccc(-c3sc(Br)cc3CCCCCCCCCCCC)cc2)cc1. The van der Waals surface area contributed by atoms with Crippen LogP contribution in [-0.4, -0.2) is 0 Å². The molecule has 262 valence electrons. The molecule has 0 aliphatic rings. The Balaban J connectivity index is 1.24. The van der Waals surface area contributed by atoms with E-state index in [0.717, 1.165) is 0 Å². The minimum atomic E-state index is 1.18. The van der Waals surface area contributed by atoms with Gasteiger partial charge in [-0.25, -0.2) is 0 Å². The Labute approximate surface area is 318 Å². The lowest BCUT2D eigenvalue weighted by Crippen LogP contribution is -1.88. The summed E-state index contributed by atoms with van der Waals surface area (Å²) in [6, 6.07) is 23.2. The van der Waals surface area contributed by atoms with Gasteiger partial charge in [0, 0.05) is 9.75 Å². The Morgan fingerprint density at radius 3 is 0.958 bits per heavy atom. The molecule has 4 heteroatoms. The minimum absolute atomic E-state index is 1.18. The van der Waals surface area contributed by atoms with Crippen molar-refractivity contribution in [2.45, 2.75) is 155 Å². The summed E-state index contributed by atoms with van der Waals surface area (Å²) in [6.45, 7) is 4.59. The zero-order valence-corrected chi connectivity index (χ0v) is 34.7. The first kappa shape index (κ1) is 39.6. The van der Waals surface area contributed by atoms with Crippen LogP contribution in [0.4, 0.5) is 0 Å². The van der Waals surface area contributed by atoms with Gasteiger partial charge in [-0.3, -0.25) is 0 Å². The van der Waals surface area contributed by atoms with E-state index in [9.17, 15) is 0 Å². The molecule has 0 unspecified atom stereocenters. The lowest BCUT2D eigenvalue weighted by atomic mass is 9.98. The van der Waals surface area contributed by atoms with Gasteiger partial charge < -0.3 is 0 Å². The predicted octanol–water partition coefficient (Wildman–Crippen LogP) is 17.3. The van der Waals surface area contributed by atoms with Crippen LogP contribution in [0.3, 0.4) is 0 Å². The second kappa shape index (κ2) is 23.3. The molecule has 2 heterocycles. The fourth-order valence-corrected chi connectivity index (χ4v) is 10.3. The molecule has 0 saturated carbocycles. The van der Waals surface area contributed by atoms with E-state index >= 15 is 0 Å². The van der Waals surface area contributed by atoms with Crippen molar-refractivity contribution >= 4 is 54.5 Å². The Kier molecular flexibility index (Phi) is 19.2. The third-order valence-electron chi connectivity index (χ3n) is 9.78. The van der Waals surface area contributed by atoms with Crippen molar-refractivity contribution in [2.24, 2.45) is 0 Å². The molecule has 0 amide bonds. The van der Waals surface area contributed by atoms with E-state index < -0.39 is 0 Å². The zero-order valence-electron chi connectivity index (χ0n) is 29.9. The van der Waals surface area contributed by atoms with Gasteiger partial charge in [0.05, 0.1) is 7.57 Å². The van der Waals surface area contributed by atoms with Gasteiger partial charge in [0.25, 0.3) is 0 Å². The van der Waals surface area contributed by atoms with E-state index in [1.165, 1.54) is 192 Å². The van der Waals surface area contributed by atoms with Gasteiger partial charge in [0.2, 0.25) is 0 Å². The first-order valence-corrected chi connectivity index (χ1v) is 22.6. The van der Waals surface area contributed by atoms with Crippen LogP contribution in [0.25, 0.3) is 32.0 Å². The number of halogens is 2. The second-order valence-corrected chi connectivity index (χ2v) is 18.7. The average Bonchev–Trinajstić information content (AvgIpc) is 3.67. The monoisotopic (exact) mass is 810 g/mol. The molecule has 0 bridgehead atoms. The highest BCUT2D eigenvalue weighted by Crippen LogP contribution is 2.39. The van der Waals surface area contributed by atoms with Crippen LogP contribution in [0.15, 0.2) is 68.2 Å². The summed E-state index contributed by atoms with van der Waals surface area (Å²) >= 11 is 11.3. The minimum Gasteiger partial charge on any atom is -0.128 e. The van der Waals surface area contributed by atoms with Gasteiger partial charge in [-0.15, -0.1) is 22.7 Å². The van der Waals surface area contributed by atoms with Gasteiger partial charge in [-0.2, -0.15) is 0 Å². The smallest absolute Gasteiger partial charge is 0.0707 e. The zero-order chi connectivity index (χ0) is 33.8. The highest BCUT2D eigenvalue weighted by atomic mass is 79.9. The molecule has 0 N–H and O–H groups in total. The molecule has 2 aromatic carbocycles. The molecular weight excluding hydrogens is 752 g/mol. The molecule has 4 aromatic rings. The molecule has 0 nitrogen and oxygen atoms in total. The molecule has 48 heavy (non-hydrogen) atoms. The predicted molar refractivity (Wildman–Crippen MR) is 225 cm³/mol. The van der Waals surface area contributed by atoms with Crippen LogP contribution >= 0.6 is 54.5 Å². The molecule has 0 aliphatic heterocycles. The van der Waals surface area contributed by atoms with Crippen molar-refractivity contribution < 1.29 is 0 Å². The van der Waals surface area contributed by atoms with Crippen molar-refractivity contribution in [3.05, 3.63) is 79.4 Å². The van der Waals surface area contributed by atoms with Gasteiger partial charge in [0.15, 0.2) is 0 Å². The summed E-state index contributed by atoms with van der Waals surface area (Å²) in [6.07, 6.45) is 30.1. The summed E-state index contributed by atoms with van der Waals surface area (Å²) < 4.78 is 2.49. The van der Waals surface area contributed by atoms with Crippen molar-refractivity contribution in [3.63, 3.8) is 0 Å². The van der Waals surface area contributed by atoms with Crippen molar-refractivity contribution in [1.29, 1.82) is 0 Å². The maximum Gasteiger partial charge on any atom is 0.0707 e. The van der Waals surface area contributed by atoms with Crippen LogP contribution in [0.1, 0.15) is 153 Å². The van der Waals surface area contributed by atoms with E-state index in [4.69, 9.17) is 0 Å². The standard InChI is InChI=1S/C44H60Br2S2/c1-3-5-7-9-11-13-15-17-19-21-23-39-33-41(45)47-43(39)37-29-25-35(26-30-37)36-27-31-38(32-28-36)44-40(34-42(46)48-44)24-22-20-18-16-14-12-10-8-6-4-2/h25-34H,3-24H2,1-2H3. The third-order valence-corrected chi connectivity index (χ3v) is 13.2. The molecule has 0 atom stereocenters. The fraction of sp³-hybridized carbons (Fsp3) is 0.545. The Morgan fingerprint density at radius 1 is 0.375 bits per heavy atom. The maximum atomic E-state index is 3.78. The fourth-order valence-electron chi connectivity index (χ4n) is 6.88. The summed E-state index contributed by atoms with van der Waals surface area (Å²) in [5.74, 6) is 0. The Bertz CT molecular complexity index is 1300. The molecular formula is C44H60Br2S2.